The fraction of sp³-hybridized carbons (Fsp3) is 0.917. The van der Waals surface area contributed by atoms with E-state index in [2.05, 4.69) is 0 Å². The lowest BCUT2D eigenvalue weighted by atomic mass is 9.95. The van der Waals surface area contributed by atoms with Crippen LogP contribution in [0.2, 0.25) is 0 Å². The zero-order chi connectivity index (χ0) is 12.0. The fourth-order valence-corrected chi connectivity index (χ4v) is 1.98. The molecule has 0 spiro atoms. The maximum absolute atomic E-state index is 11.7. The predicted molar refractivity (Wildman–Crippen MR) is 62.2 cm³/mol. The van der Waals surface area contributed by atoms with Gasteiger partial charge in [0.1, 0.15) is 0 Å². The second kappa shape index (κ2) is 6.74. The summed E-state index contributed by atoms with van der Waals surface area (Å²) in [4.78, 5) is 13.5. The Labute approximate surface area is 97.6 Å². The summed E-state index contributed by atoms with van der Waals surface area (Å²) in [6.45, 7) is 6.27. The minimum absolute atomic E-state index is 0.198. The molecule has 0 aromatic rings. The Morgan fingerprint density at radius 1 is 1.56 bits per heavy atom. The van der Waals surface area contributed by atoms with Crippen molar-refractivity contribution in [2.24, 2.45) is 11.8 Å². The summed E-state index contributed by atoms with van der Waals surface area (Å²) in [5.41, 5.74) is 0. The van der Waals surface area contributed by atoms with E-state index in [-0.39, 0.29) is 12.7 Å². The lowest BCUT2D eigenvalue weighted by Gasteiger charge is -2.31. The van der Waals surface area contributed by atoms with Crippen LogP contribution in [0.15, 0.2) is 0 Å². The minimum Gasteiger partial charge on any atom is -0.449 e. The van der Waals surface area contributed by atoms with Gasteiger partial charge in [-0.15, -0.1) is 0 Å². The van der Waals surface area contributed by atoms with Crippen LogP contribution in [0.1, 0.15) is 33.1 Å². The molecule has 4 nitrogen and oxygen atoms in total. The standard InChI is InChI=1S/C12H23NO3/c1-10(2)9-16-12(15)13-6-3-4-11(8-13)5-7-14/h10-11,14H,3-9H2,1-2H3. The minimum atomic E-state index is -0.198. The molecule has 1 amide bonds. The third kappa shape index (κ3) is 4.39. The van der Waals surface area contributed by atoms with Gasteiger partial charge in [0.15, 0.2) is 0 Å². The Balaban J connectivity index is 2.32. The lowest BCUT2D eigenvalue weighted by molar-refractivity contribution is 0.0722. The van der Waals surface area contributed by atoms with Crippen LogP contribution in [0.3, 0.4) is 0 Å². The molecular formula is C12H23NO3. The van der Waals surface area contributed by atoms with Crippen molar-refractivity contribution < 1.29 is 14.6 Å². The van der Waals surface area contributed by atoms with Crippen molar-refractivity contribution in [2.75, 3.05) is 26.3 Å². The van der Waals surface area contributed by atoms with E-state index < -0.39 is 0 Å². The molecule has 0 saturated carbocycles. The highest BCUT2D eigenvalue weighted by Gasteiger charge is 2.24. The molecule has 1 saturated heterocycles. The first kappa shape index (κ1) is 13.3. The number of carbonyl (C=O) groups is 1. The van der Waals surface area contributed by atoms with E-state index in [9.17, 15) is 4.79 Å². The second-order valence-corrected chi connectivity index (χ2v) is 4.94. The molecule has 1 N–H and O–H groups in total. The molecule has 1 atom stereocenters. The Morgan fingerprint density at radius 2 is 2.31 bits per heavy atom. The Bertz CT molecular complexity index is 216. The first-order valence-corrected chi connectivity index (χ1v) is 6.16. The van der Waals surface area contributed by atoms with Crippen LogP contribution in [-0.4, -0.2) is 42.4 Å². The van der Waals surface area contributed by atoms with Crippen molar-refractivity contribution in [3.8, 4) is 0 Å². The largest absolute Gasteiger partial charge is 0.449 e. The smallest absolute Gasteiger partial charge is 0.409 e. The number of piperidine rings is 1. The zero-order valence-corrected chi connectivity index (χ0v) is 10.3. The molecule has 1 aliphatic heterocycles. The highest BCUT2D eigenvalue weighted by Crippen LogP contribution is 2.19. The normalized spacial score (nSPS) is 21.2. The third-order valence-corrected chi connectivity index (χ3v) is 2.85. The average Bonchev–Trinajstić information content (AvgIpc) is 2.26. The van der Waals surface area contributed by atoms with Gasteiger partial charge in [-0.1, -0.05) is 13.8 Å². The maximum atomic E-state index is 11.7. The summed E-state index contributed by atoms with van der Waals surface area (Å²) >= 11 is 0. The molecule has 0 aliphatic carbocycles. The summed E-state index contributed by atoms with van der Waals surface area (Å²) < 4.78 is 5.19. The van der Waals surface area contributed by atoms with Crippen LogP contribution < -0.4 is 0 Å². The molecule has 0 bridgehead atoms. The van der Waals surface area contributed by atoms with Gasteiger partial charge in [0, 0.05) is 19.7 Å². The number of aliphatic hydroxyl groups excluding tert-OH is 1. The average molecular weight is 229 g/mol. The molecule has 1 fully saturated rings. The monoisotopic (exact) mass is 229 g/mol. The lowest BCUT2D eigenvalue weighted by Crippen LogP contribution is -2.40. The van der Waals surface area contributed by atoms with Crippen LogP contribution >= 0.6 is 0 Å². The predicted octanol–water partition coefficient (Wildman–Crippen LogP) is 1.87. The van der Waals surface area contributed by atoms with Gasteiger partial charge in [-0.25, -0.2) is 4.79 Å². The van der Waals surface area contributed by atoms with Crippen molar-refractivity contribution in [3.05, 3.63) is 0 Å². The van der Waals surface area contributed by atoms with Crippen molar-refractivity contribution in [1.82, 2.24) is 4.90 Å². The molecule has 16 heavy (non-hydrogen) atoms. The number of rotatable bonds is 4. The number of hydrogen-bond donors (Lipinski definition) is 1. The zero-order valence-electron chi connectivity index (χ0n) is 10.3. The summed E-state index contributed by atoms with van der Waals surface area (Å²) in [5, 5.41) is 8.88. The maximum Gasteiger partial charge on any atom is 0.409 e. The van der Waals surface area contributed by atoms with E-state index in [0.29, 0.717) is 18.4 Å². The SMILES string of the molecule is CC(C)COC(=O)N1CCCC(CCO)C1. The van der Waals surface area contributed by atoms with E-state index in [1.165, 1.54) is 0 Å². The number of aliphatic hydroxyl groups is 1. The van der Waals surface area contributed by atoms with Gasteiger partial charge in [0.2, 0.25) is 0 Å². The molecule has 4 heteroatoms. The van der Waals surface area contributed by atoms with Gasteiger partial charge in [-0.05, 0) is 31.1 Å². The van der Waals surface area contributed by atoms with Gasteiger partial charge in [-0.2, -0.15) is 0 Å². The second-order valence-electron chi connectivity index (χ2n) is 4.94. The van der Waals surface area contributed by atoms with Gasteiger partial charge in [0.05, 0.1) is 6.61 Å². The Morgan fingerprint density at radius 3 is 2.94 bits per heavy atom. The number of likely N-dealkylation sites (tertiary alicyclic amines) is 1. The van der Waals surface area contributed by atoms with Gasteiger partial charge in [-0.3, -0.25) is 0 Å². The molecule has 94 valence electrons. The van der Waals surface area contributed by atoms with E-state index in [1.807, 2.05) is 13.8 Å². The molecular weight excluding hydrogens is 206 g/mol. The quantitative estimate of drug-likeness (QED) is 0.800. The molecule has 0 aromatic heterocycles. The van der Waals surface area contributed by atoms with E-state index in [4.69, 9.17) is 9.84 Å². The fourth-order valence-electron chi connectivity index (χ4n) is 1.98. The van der Waals surface area contributed by atoms with Crippen molar-refractivity contribution >= 4 is 6.09 Å². The first-order chi connectivity index (χ1) is 7.63. The summed E-state index contributed by atoms with van der Waals surface area (Å²) in [7, 11) is 0. The molecule has 0 aromatic carbocycles. The van der Waals surface area contributed by atoms with E-state index in [1.54, 1.807) is 4.90 Å². The Kier molecular flexibility index (Phi) is 5.60. The van der Waals surface area contributed by atoms with Crippen molar-refractivity contribution in [3.63, 3.8) is 0 Å². The molecule has 1 rings (SSSR count). The molecule has 1 unspecified atom stereocenters. The van der Waals surface area contributed by atoms with Crippen molar-refractivity contribution in [2.45, 2.75) is 33.1 Å². The van der Waals surface area contributed by atoms with E-state index >= 15 is 0 Å². The molecule has 1 heterocycles. The van der Waals surface area contributed by atoms with Crippen LogP contribution in [-0.2, 0) is 4.74 Å². The topological polar surface area (TPSA) is 49.8 Å². The number of carbonyl (C=O) groups excluding carboxylic acids is 1. The molecule has 0 radical (unpaired) electrons. The highest BCUT2D eigenvalue weighted by molar-refractivity contribution is 5.67. The first-order valence-electron chi connectivity index (χ1n) is 6.16. The highest BCUT2D eigenvalue weighted by atomic mass is 16.6. The van der Waals surface area contributed by atoms with Gasteiger partial charge in [0.25, 0.3) is 0 Å². The molecule has 1 aliphatic rings. The van der Waals surface area contributed by atoms with Crippen LogP contribution in [0.4, 0.5) is 4.79 Å². The van der Waals surface area contributed by atoms with Gasteiger partial charge < -0.3 is 14.7 Å². The summed E-state index contributed by atoms with van der Waals surface area (Å²) in [6, 6.07) is 0. The van der Waals surface area contributed by atoms with E-state index in [0.717, 1.165) is 32.4 Å². The van der Waals surface area contributed by atoms with Gasteiger partial charge >= 0.3 is 6.09 Å². The summed E-state index contributed by atoms with van der Waals surface area (Å²) in [5.74, 6) is 0.812. The van der Waals surface area contributed by atoms with Crippen molar-refractivity contribution in [1.29, 1.82) is 0 Å². The van der Waals surface area contributed by atoms with Crippen LogP contribution in [0.25, 0.3) is 0 Å². The Hall–Kier alpha value is -0.770. The number of nitrogens with zero attached hydrogens (tertiary/aromatic N) is 1. The summed E-state index contributed by atoms with van der Waals surface area (Å²) in [6.07, 6.45) is 2.71. The third-order valence-electron chi connectivity index (χ3n) is 2.85. The van der Waals surface area contributed by atoms with Crippen LogP contribution in [0.5, 0.6) is 0 Å². The number of amides is 1. The number of hydrogen-bond acceptors (Lipinski definition) is 3. The van der Waals surface area contributed by atoms with Crippen LogP contribution in [0, 0.1) is 11.8 Å². The number of ether oxygens (including phenoxy) is 1.